The summed E-state index contributed by atoms with van der Waals surface area (Å²) in [6.45, 7) is 6.75. The number of nitrogens with one attached hydrogen (secondary N) is 2. The zero-order chi connectivity index (χ0) is 22.8. The van der Waals surface area contributed by atoms with Crippen LogP contribution in [0.15, 0.2) is 30.3 Å². The first-order valence-electron chi connectivity index (χ1n) is 10.2. The van der Waals surface area contributed by atoms with Crippen LogP contribution in [-0.4, -0.2) is 59.1 Å². The quantitative estimate of drug-likeness (QED) is 0.777. The standard InChI is InChI=1S/C22H29N5O4/c1-22(2,3)17(20(29)23-4)25-19(28)16-15-13-26(21(30)31-5)11-12-27(15)18(24-16)14-9-7-6-8-10-14/h6-10,17H,11-13H2,1-5H3,(H,23,29)(H,25,28)/t17-/m1/s1. The van der Waals surface area contributed by atoms with E-state index in [2.05, 4.69) is 15.6 Å². The predicted octanol–water partition coefficient (Wildman–Crippen LogP) is 2.02. The zero-order valence-electron chi connectivity index (χ0n) is 18.6. The van der Waals surface area contributed by atoms with Crippen LogP contribution in [0.2, 0.25) is 0 Å². The Balaban J connectivity index is 2.03. The van der Waals surface area contributed by atoms with Gasteiger partial charge in [-0.3, -0.25) is 9.59 Å². The Hall–Kier alpha value is -3.36. The predicted molar refractivity (Wildman–Crippen MR) is 115 cm³/mol. The van der Waals surface area contributed by atoms with Gasteiger partial charge in [0.25, 0.3) is 5.91 Å². The summed E-state index contributed by atoms with van der Waals surface area (Å²) in [5.74, 6) is -0.0907. The van der Waals surface area contributed by atoms with Crippen LogP contribution in [0, 0.1) is 5.41 Å². The van der Waals surface area contributed by atoms with Gasteiger partial charge in [0.05, 0.1) is 19.3 Å². The van der Waals surface area contributed by atoms with E-state index in [4.69, 9.17) is 4.74 Å². The smallest absolute Gasteiger partial charge is 0.409 e. The number of aromatic nitrogens is 2. The van der Waals surface area contributed by atoms with E-state index < -0.39 is 23.5 Å². The molecule has 166 valence electrons. The Bertz CT molecular complexity index is 978. The van der Waals surface area contributed by atoms with Crippen molar-refractivity contribution in [2.45, 2.75) is 39.9 Å². The SMILES string of the molecule is CNC(=O)[C@@H](NC(=O)c1nc(-c2ccccc2)n2c1CN(C(=O)OC)CC2)C(C)(C)C. The largest absolute Gasteiger partial charge is 0.453 e. The molecule has 0 bridgehead atoms. The number of likely N-dealkylation sites (N-methyl/N-ethyl adjacent to an activating group) is 1. The maximum Gasteiger partial charge on any atom is 0.409 e. The number of ether oxygens (including phenoxy) is 1. The van der Waals surface area contributed by atoms with E-state index >= 15 is 0 Å². The molecule has 0 aliphatic carbocycles. The van der Waals surface area contributed by atoms with Crippen molar-refractivity contribution < 1.29 is 19.1 Å². The highest BCUT2D eigenvalue weighted by molar-refractivity contribution is 5.98. The van der Waals surface area contributed by atoms with Crippen molar-refractivity contribution in [2.75, 3.05) is 20.7 Å². The Morgan fingerprint density at radius 2 is 1.81 bits per heavy atom. The molecule has 0 unspecified atom stereocenters. The van der Waals surface area contributed by atoms with Gasteiger partial charge in [0.2, 0.25) is 5.91 Å². The number of benzene rings is 1. The fraction of sp³-hybridized carbons (Fsp3) is 0.455. The fourth-order valence-electron chi connectivity index (χ4n) is 3.66. The van der Waals surface area contributed by atoms with Crippen LogP contribution in [-0.2, 0) is 22.6 Å². The van der Waals surface area contributed by atoms with E-state index in [1.54, 1.807) is 0 Å². The lowest BCUT2D eigenvalue weighted by molar-refractivity contribution is -0.124. The topological polar surface area (TPSA) is 106 Å². The molecule has 1 aliphatic heterocycles. The highest BCUT2D eigenvalue weighted by Crippen LogP contribution is 2.27. The Labute approximate surface area is 181 Å². The second-order valence-electron chi connectivity index (χ2n) is 8.53. The molecule has 2 heterocycles. The van der Waals surface area contributed by atoms with Crippen LogP contribution in [0.5, 0.6) is 0 Å². The maximum absolute atomic E-state index is 13.3. The van der Waals surface area contributed by atoms with Crippen molar-refractivity contribution in [1.29, 1.82) is 0 Å². The second kappa shape index (κ2) is 8.79. The van der Waals surface area contributed by atoms with Gasteiger partial charge in [-0.05, 0) is 5.41 Å². The van der Waals surface area contributed by atoms with Crippen molar-refractivity contribution in [3.63, 3.8) is 0 Å². The van der Waals surface area contributed by atoms with Crippen LogP contribution < -0.4 is 10.6 Å². The summed E-state index contributed by atoms with van der Waals surface area (Å²) in [6, 6.07) is 8.82. The molecular weight excluding hydrogens is 398 g/mol. The van der Waals surface area contributed by atoms with Gasteiger partial charge in [-0.1, -0.05) is 51.1 Å². The van der Waals surface area contributed by atoms with E-state index in [0.717, 1.165) is 5.56 Å². The average Bonchev–Trinajstić information content (AvgIpc) is 3.15. The van der Waals surface area contributed by atoms with Crippen LogP contribution >= 0.6 is 0 Å². The normalized spacial score (nSPS) is 14.4. The lowest BCUT2D eigenvalue weighted by Crippen LogP contribution is -2.53. The molecule has 1 atom stereocenters. The molecule has 0 fully saturated rings. The Kier molecular flexibility index (Phi) is 6.33. The summed E-state index contributed by atoms with van der Waals surface area (Å²) in [4.78, 5) is 43.9. The minimum absolute atomic E-state index is 0.190. The first kappa shape index (κ1) is 22.3. The summed E-state index contributed by atoms with van der Waals surface area (Å²) >= 11 is 0. The van der Waals surface area contributed by atoms with Gasteiger partial charge in [0, 0.05) is 25.7 Å². The first-order chi connectivity index (χ1) is 14.7. The average molecular weight is 428 g/mol. The minimum Gasteiger partial charge on any atom is -0.453 e. The molecule has 9 nitrogen and oxygen atoms in total. The van der Waals surface area contributed by atoms with Crippen LogP contribution in [0.1, 0.15) is 37.0 Å². The van der Waals surface area contributed by atoms with Crippen molar-refractivity contribution >= 4 is 17.9 Å². The molecule has 9 heteroatoms. The summed E-state index contributed by atoms with van der Waals surface area (Å²) in [7, 11) is 2.86. The third kappa shape index (κ3) is 4.55. The molecule has 1 aromatic heterocycles. The number of methoxy groups -OCH3 is 1. The molecule has 0 spiro atoms. The summed E-state index contributed by atoms with van der Waals surface area (Å²) in [5, 5.41) is 5.44. The lowest BCUT2D eigenvalue weighted by Gasteiger charge is -2.30. The van der Waals surface area contributed by atoms with E-state index in [1.165, 1.54) is 19.1 Å². The number of hydrogen-bond donors (Lipinski definition) is 2. The van der Waals surface area contributed by atoms with Gasteiger partial charge in [-0.2, -0.15) is 0 Å². The van der Waals surface area contributed by atoms with Crippen LogP contribution in [0.25, 0.3) is 11.4 Å². The molecule has 1 aliphatic rings. The van der Waals surface area contributed by atoms with Crippen molar-refractivity contribution in [1.82, 2.24) is 25.1 Å². The molecule has 2 N–H and O–H groups in total. The number of rotatable bonds is 4. The molecule has 0 radical (unpaired) electrons. The molecule has 2 aromatic rings. The van der Waals surface area contributed by atoms with Gasteiger partial charge < -0.3 is 24.8 Å². The molecular formula is C22H29N5O4. The first-order valence-corrected chi connectivity index (χ1v) is 10.2. The van der Waals surface area contributed by atoms with Gasteiger partial charge in [-0.25, -0.2) is 9.78 Å². The molecule has 0 saturated heterocycles. The minimum atomic E-state index is -0.747. The number of nitrogens with zero attached hydrogens (tertiary/aromatic N) is 3. The zero-order valence-corrected chi connectivity index (χ0v) is 18.6. The van der Waals surface area contributed by atoms with E-state index in [1.807, 2.05) is 55.7 Å². The molecule has 1 aromatic carbocycles. The number of hydrogen-bond acceptors (Lipinski definition) is 5. The third-order valence-corrected chi connectivity index (χ3v) is 5.34. The van der Waals surface area contributed by atoms with Crippen LogP contribution in [0.3, 0.4) is 0 Å². The number of carbonyl (C=O) groups excluding carboxylic acids is 3. The Morgan fingerprint density at radius 3 is 2.39 bits per heavy atom. The van der Waals surface area contributed by atoms with E-state index in [-0.39, 0.29) is 18.1 Å². The van der Waals surface area contributed by atoms with Gasteiger partial charge in [0.15, 0.2) is 5.69 Å². The lowest BCUT2D eigenvalue weighted by atomic mass is 9.86. The van der Waals surface area contributed by atoms with E-state index in [9.17, 15) is 14.4 Å². The summed E-state index contributed by atoms with van der Waals surface area (Å²) in [6.07, 6.45) is -0.460. The molecule has 31 heavy (non-hydrogen) atoms. The highest BCUT2D eigenvalue weighted by atomic mass is 16.5. The highest BCUT2D eigenvalue weighted by Gasteiger charge is 2.35. The van der Waals surface area contributed by atoms with Crippen molar-refractivity contribution in [3.05, 3.63) is 41.7 Å². The number of amides is 3. The number of imidazole rings is 1. The van der Waals surface area contributed by atoms with Crippen molar-refractivity contribution in [3.8, 4) is 11.4 Å². The Morgan fingerprint density at radius 1 is 1.13 bits per heavy atom. The van der Waals surface area contributed by atoms with Crippen molar-refractivity contribution in [2.24, 2.45) is 5.41 Å². The molecule has 0 saturated carbocycles. The molecule has 3 amide bonds. The number of carbonyl (C=O) groups is 3. The maximum atomic E-state index is 13.3. The summed E-state index contributed by atoms with van der Waals surface area (Å²) in [5.41, 5.74) is 1.17. The van der Waals surface area contributed by atoms with Crippen LogP contribution in [0.4, 0.5) is 4.79 Å². The molecule has 3 rings (SSSR count). The van der Waals surface area contributed by atoms with Gasteiger partial charge >= 0.3 is 6.09 Å². The second-order valence-corrected chi connectivity index (χ2v) is 8.53. The van der Waals surface area contributed by atoms with Gasteiger partial charge in [0.1, 0.15) is 11.9 Å². The monoisotopic (exact) mass is 427 g/mol. The van der Waals surface area contributed by atoms with Gasteiger partial charge in [-0.15, -0.1) is 0 Å². The summed E-state index contributed by atoms with van der Waals surface area (Å²) < 4.78 is 6.81. The fourth-order valence-corrected chi connectivity index (χ4v) is 3.66. The number of fused-ring (bicyclic) bond motifs is 1. The third-order valence-electron chi connectivity index (χ3n) is 5.34. The van der Waals surface area contributed by atoms with E-state index in [0.29, 0.717) is 24.6 Å².